The second-order valence-corrected chi connectivity index (χ2v) is 4.86. The summed E-state index contributed by atoms with van der Waals surface area (Å²) in [5, 5.41) is 7.47. The normalized spacial score (nSPS) is 20.6. The Kier molecular flexibility index (Phi) is 3.79. The summed E-state index contributed by atoms with van der Waals surface area (Å²) >= 11 is 0. The van der Waals surface area contributed by atoms with Crippen molar-refractivity contribution in [3.63, 3.8) is 0 Å². The minimum atomic E-state index is 0.257. The van der Waals surface area contributed by atoms with Gasteiger partial charge in [0.2, 0.25) is 5.89 Å². The zero-order valence-corrected chi connectivity index (χ0v) is 11.0. The third-order valence-corrected chi connectivity index (χ3v) is 3.74. The molecular weight excluding hydrogens is 216 g/mol. The summed E-state index contributed by atoms with van der Waals surface area (Å²) in [5.74, 6) is 1.44. The van der Waals surface area contributed by atoms with Crippen LogP contribution in [0.3, 0.4) is 0 Å². The highest BCUT2D eigenvalue weighted by Gasteiger charge is 2.32. The summed E-state index contributed by atoms with van der Waals surface area (Å²) in [6, 6.07) is 0. The summed E-state index contributed by atoms with van der Waals surface area (Å²) in [6.07, 6.45) is 2.31. The first-order valence-corrected chi connectivity index (χ1v) is 6.44. The molecule has 0 spiro atoms. The summed E-state index contributed by atoms with van der Waals surface area (Å²) in [6.45, 7) is 10.3. The lowest BCUT2D eigenvalue weighted by molar-refractivity contribution is 0.107. The molecule has 5 nitrogen and oxygen atoms in total. The van der Waals surface area contributed by atoms with Gasteiger partial charge in [-0.3, -0.25) is 4.90 Å². The van der Waals surface area contributed by atoms with Crippen molar-refractivity contribution in [3.8, 4) is 0 Å². The van der Waals surface area contributed by atoms with Crippen LogP contribution in [-0.2, 0) is 6.54 Å². The predicted octanol–water partition coefficient (Wildman–Crippen LogP) is 1.34. The van der Waals surface area contributed by atoms with Gasteiger partial charge >= 0.3 is 0 Å². The number of piperazine rings is 1. The van der Waals surface area contributed by atoms with E-state index in [4.69, 9.17) is 4.52 Å². The van der Waals surface area contributed by atoms with E-state index in [1.807, 2.05) is 6.92 Å². The second-order valence-electron chi connectivity index (χ2n) is 4.86. The molecule has 0 amide bonds. The molecule has 1 aliphatic rings. The highest BCUT2D eigenvalue weighted by molar-refractivity contribution is 4.94. The zero-order chi connectivity index (χ0) is 12.3. The lowest BCUT2D eigenvalue weighted by Gasteiger charge is -2.42. The van der Waals surface area contributed by atoms with E-state index < -0.39 is 0 Å². The third-order valence-electron chi connectivity index (χ3n) is 3.74. The van der Waals surface area contributed by atoms with Gasteiger partial charge < -0.3 is 9.84 Å². The van der Waals surface area contributed by atoms with Crippen LogP contribution in [-0.4, -0.2) is 40.2 Å². The summed E-state index contributed by atoms with van der Waals surface area (Å²) < 4.78 is 5.18. The van der Waals surface area contributed by atoms with Crippen LogP contribution in [0, 0.1) is 6.92 Å². The van der Waals surface area contributed by atoms with E-state index in [-0.39, 0.29) is 5.54 Å². The number of hydrogen-bond acceptors (Lipinski definition) is 5. The number of aryl methyl sites for hydroxylation is 1. The molecule has 96 valence electrons. The molecule has 1 aromatic rings. The van der Waals surface area contributed by atoms with Crippen molar-refractivity contribution in [1.82, 2.24) is 20.4 Å². The van der Waals surface area contributed by atoms with Gasteiger partial charge in [-0.25, -0.2) is 0 Å². The molecule has 2 heterocycles. The van der Waals surface area contributed by atoms with E-state index in [1.165, 1.54) is 0 Å². The van der Waals surface area contributed by atoms with Gasteiger partial charge in [0.1, 0.15) is 0 Å². The maximum Gasteiger partial charge on any atom is 0.240 e. The molecule has 0 bridgehead atoms. The first kappa shape index (κ1) is 12.5. The van der Waals surface area contributed by atoms with Crippen LogP contribution in [0.4, 0.5) is 0 Å². The number of hydrogen-bond donors (Lipinski definition) is 1. The minimum absolute atomic E-state index is 0.257. The van der Waals surface area contributed by atoms with E-state index in [9.17, 15) is 0 Å². The Morgan fingerprint density at radius 2 is 2.18 bits per heavy atom. The van der Waals surface area contributed by atoms with Gasteiger partial charge in [-0.15, -0.1) is 0 Å². The number of aromatic nitrogens is 2. The van der Waals surface area contributed by atoms with Crippen molar-refractivity contribution in [2.45, 2.75) is 45.7 Å². The van der Waals surface area contributed by atoms with Gasteiger partial charge in [-0.2, -0.15) is 4.98 Å². The Bertz CT molecular complexity index is 359. The van der Waals surface area contributed by atoms with E-state index in [0.29, 0.717) is 5.82 Å². The van der Waals surface area contributed by atoms with E-state index in [1.54, 1.807) is 0 Å². The molecule has 0 atom stereocenters. The number of rotatable bonds is 4. The van der Waals surface area contributed by atoms with Crippen molar-refractivity contribution in [2.75, 3.05) is 19.6 Å². The molecule has 2 rings (SSSR count). The molecule has 0 aromatic carbocycles. The summed E-state index contributed by atoms with van der Waals surface area (Å²) in [5.41, 5.74) is 0.257. The van der Waals surface area contributed by atoms with E-state index in [2.05, 4.69) is 34.2 Å². The second kappa shape index (κ2) is 5.14. The molecule has 0 saturated carbocycles. The first-order valence-electron chi connectivity index (χ1n) is 6.44. The zero-order valence-electron chi connectivity index (χ0n) is 11.0. The fourth-order valence-corrected chi connectivity index (χ4v) is 2.50. The minimum Gasteiger partial charge on any atom is -0.338 e. The topological polar surface area (TPSA) is 54.2 Å². The van der Waals surface area contributed by atoms with Gasteiger partial charge in [0.05, 0.1) is 6.54 Å². The molecular formula is C12H22N4O. The Morgan fingerprint density at radius 3 is 2.76 bits per heavy atom. The fourth-order valence-electron chi connectivity index (χ4n) is 2.50. The fraction of sp³-hybridized carbons (Fsp3) is 0.833. The van der Waals surface area contributed by atoms with Crippen molar-refractivity contribution in [3.05, 3.63) is 11.7 Å². The van der Waals surface area contributed by atoms with E-state index >= 15 is 0 Å². The van der Waals surface area contributed by atoms with E-state index in [0.717, 1.165) is 44.9 Å². The monoisotopic (exact) mass is 238 g/mol. The third kappa shape index (κ3) is 2.84. The van der Waals surface area contributed by atoms with Crippen LogP contribution in [0.5, 0.6) is 0 Å². The number of nitrogens with one attached hydrogen (secondary N) is 1. The molecule has 1 fully saturated rings. The number of nitrogens with zero attached hydrogens (tertiary/aromatic N) is 3. The van der Waals surface area contributed by atoms with Crippen LogP contribution in [0.15, 0.2) is 4.52 Å². The van der Waals surface area contributed by atoms with Crippen molar-refractivity contribution in [2.24, 2.45) is 0 Å². The van der Waals surface area contributed by atoms with Crippen molar-refractivity contribution in [1.29, 1.82) is 0 Å². The molecule has 1 aliphatic heterocycles. The highest BCUT2D eigenvalue weighted by Crippen LogP contribution is 2.20. The molecule has 0 radical (unpaired) electrons. The van der Waals surface area contributed by atoms with Crippen molar-refractivity contribution >= 4 is 0 Å². The Labute approximate surface area is 103 Å². The largest absolute Gasteiger partial charge is 0.338 e. The Hall–Kier alpha value is -0.940. The maximum absolute atomic E-state index is 5.18. The highest BCUT2D eigenvalue weighted by atomic mass is 16.5. The lowest BCUT2D eigenvalue weighted by Crippen LogP contribution is -2.59. The van der Waals surface area contributed by atoms with Crippen molar-refractivity contribution < 1.29 is 4.52 Å². The molecule has 1 saturated heterocycles. The standard InChI is InChI=1S/C12H22N4O/c1-4-12(5-2)9-16(7-6-13-12)8-11-14-10(3)15-17-11/h13H,4-9H2,1-3H3. The lowest BCUT2D eigenvalue weighted by atomic mass is 9.90. The van der Waals surface area contributed by atoms with Gasteiger partial charge in [-0.05, 0) is 19.8 Å². The first-order chi connectivity index (χ1) is 8.17. The molecule has 0 unspecified atom stereocenters. The van der Waals surface area contributed by atoms with Crippen LogP contribution in [0.2, 0.25) is 0 Å². The van der Waals surface area contributed by atoms with Crippen LogP contribution >= 0.6 is 0 Å². The molecule has 1 N–H and O–H groups in total. The molecule has 0 aliphatic carbocycles. The van der Waals surface area contributed by atoms with Gasteiger partial charge in [0.25, 0.3) is 0 Å². The van der Waals surface area contributed by atoms with Gasteiger partial charge in [0.15, 0.2) is 5.82 Å². The van der Waals surface area contributed by atoms with Crippen LogP contribution < -0.4 is 5.32 Å². The van der Waals surface area contributed by atoms with Crippen LogP contribution in [0.25, 0.3) is 0 Å². The van der Waals surface area contributed by atoms with Gasteiger partial charge in [0, 0.05) is 25.2 Å². The molecule has 1 aromatic heterocycles. The average Bonchev–Trinajstić information content (AvgIpc) is 2.75. The van der Waals surface area contributed by atoms with Crippen LogP contribution in [0.1, 0.15) is 38.4 Å². The molecule has 5 heteroatoms. The average molecular weight is 238 g/mol. The Balaban J connectivity index is 1.98. The summed E-state index contributed by atoms with van der Waals surface area (Å²) in [7, 11) is 0. The molecule has 17 heavy (non-hydrogen) atoms. The smallest absolute Gasteiger partial charge is 0.240 e. The Morgan fingerprint density at radius 1 is 1.41 bits per heavy atom. The summed E-state index contributed by atoms with van der Waals surface area (Å²) in [4.78, 5) is 6.66. The predicted molar refractivity (Wildman–Crippen MR) is 65.6 cm³/mol. The quantitative estimate of drug-likeness (QED) is 0.858. The van der Waals surface area contributed by atoms with Gasteiger partial charge in [-0.1, -0.05) is 19.0 Å². The SMILES string of the molecule is CCC1(CC)CN(Cc2nc(C)no2)CCN1. The maximum atomic E-state index is 5.18.